The van der Waals surface area contributed by atoms with Gasteiger partial charge in [-0.3, -0.25) is 4.79 Å². The van der Waals surface area contributed by atoms with Crippen molar-refractivity contribution in [3.05, 3.63) is 59.7 Å². The molecule has 0 spiro atoms. The molecule has 1 fully saturated rings. The van der Waals surface area contributed by atoms with Crippen LogP contribution in [0.3, 0.4) is 0 Å². The fourth-order valence-corrected chi connectivity index (χ4v) is 2.59. The van der Waals surface area contributed by atoms with Crippen LogP contribution in [0.15, 0.2) is 48.5 Å². The minimum atomic E-state index is -0.0807. The van der Waals surface area contributed by atoms with Crippen LogP contribution in [0.4, 0.5) is 11.4 Å². The lowest BCUT2D eigenvalue weighted by molar-refractivity contribution is 0.102. The van der Waals surface area contributed by atoms with Crippen molar-refractivity contribution < 1.29 is 9.53 Å². The van der Waals surface area contributed by atoms with Gasteiger partial charge in [0.25, 0.3) is 5.91 Å². The Hall–Kier alpha value is -2.33. The number of carbonyl (C=O) groups excluding carboxylic acids is 1. The van der Waals surface area contributed by atoms with Gasteiger partial charge in [0.2, 0.25) is 0 Å². The monoisotopic (exact) mass is 296 g/mol. The number of hydrogen-bond acceptors (Lipinski definition) is 3. The summed E-state index contributed by atoms with van der Waals surface area (Å²) in [6, 6.07) is 15.6. The molecule has 3 rings (SSSR count). The van der Waals surface area contributed by atoms with E-state index in [0.717, 1.165) is 43.2 Å². The summed E-state index contributed by atoms with van der Waals surface area (Å²) in [6.45, 7) is 5.25. The van der Waals surface area contributed by atoms with Crippen LogP contribution < -0.4 is 10.2 Å². The van der Waals surface area contributed by atoms with Gasteiger partial charge in [-0.1, -0.05) is 23.8 Å². The maximum Gasteiger partial charge on any atom is 0.255 e. The minimum absolute atomic E-state index is 0.0807. The lowest BCUT2D eigenvalue weighted by atomic mass is 10.1. The average Bonchev–Trinajstić information content (AvgIpc) is 2.56. The molecule has 0 aliphatic carbocycles. The molecule has 0 bridgehead atoms. The quantitative estimate of drug-likeness (QED) is 0.946. The zero-order valence-corrected chi connectivity index (χ0v) is 12.7. The number of aryl methyl sites for hydroxylation is 1. The predicted octanol–water partition coefficient (Wildman–Crippen LogP) is 3.08. The van der Waals surface area contributed by atoms with Crippen molar-refractivity contribution in [3.8, 4) is 0 Å². The van der Waals surface area contributed by atoms with Crippen molar-refractivity contribution in [2.75, 3.05) is 36.5 Å². The van der Waals surface area contributed by atoms with Crippen molar-refractivity contribution in [1.82, 2.24) is 0 Å². The smallest absolute Gasteiger partial charge is 0.255 e. The van der Waals surface area contributed by atoms with E-state index in [1.807, 2.05) is 49.4 Å². The summed E-state index contributed by atoms with van der Waals surface area (Å²) in [5, 5.41) is 2.97. The fraction of sp³-hybridized carbons (Fsp3) is 0.278. The van der Waals surface area contributed by atoms with Gasteiger partial charge in [0, 0.05) is 30.0 Å². The zero-order valence-electron chi connectivity index (χ0n) is 12.7. The molecular weight excluding hydrogens is 276 g/mol. The second-order valence-electron chi connectivity index (χ2n) is 5.47. The first-order chi connectivity index (χ1) is 10.7. The molecule has 0 atom stereocenters. The van der Waals surface area contributed by atoms with Crippen molar-refractivity contribution in [1.29, 1.82) is 0 Å². The highest BCUT2D eigenvalue weighted by atomic mass is 16.5. The Bertz CT molecular complexity index is 664. The van der Waals surface area contributed by atoms with Gasteiger partial charge in [0.05, 0.1) is 13.2 Å². The normalized spacial score (nSPS) is 14.7. The van der Waals surface area contributed by atoms with Crippen LogP contribution in [-0.2, 0) is 4.74 Å². The van der Waals surface area contributed by atoms with E-state index in [9.17, 15) is 4.79 Å². The van der Waals surface area contributed by atoms with Crippen LogP contribution >= 0.6 is 0 Å². The zero-order chi connectivity index (χ0) is 15.4. The number of amides is 1. The van der Waals surface area contributed by atoms with Gasteiger partial charge < -0.3 is 15.0 Å². The Kier molecular flexibility index (Phi) is 4.39. The van der Waals surface area contributed by atoms with E-state index < -0.39 is 0 Å². The third-order valence-electron chi connectivity index (χ3n) is 3.76. The van der Waals surface area contributed by atoms with E-state index in [2.05, 4.69) is 16.3 Å². The van der Waals surface area contributed by atoms with Crippen molar-refractivity contribution in [2.24, 2.45) is 0 Å². The maximum atomic E-state index is 12.3. The lowest BCUT2D eigenvalue weighted by Gasteiger charge is -2.29. The summed E-state index contributed by atoms with van der Waals surface area (Å²) in [7, 11) is 0. The van der Waals surface area contributed by atoms with Crippen molar-refractivity contribution >= 4 is 17.3 Å². The standard InChI is InChI=1S/C18H20N2O2/c1-14-4-2-5-15(12-14)18(21)19-16-6-3-7-17(13-16)20-8-10-22-11-9-20/h2-7,12-13H,8-11H2,1H3,(H,19,21). The topological polar surface area (TPSA) is 41.6 Å². The molecular formula is C18H20N2O2. The minimum Gasteiger partial charge on any atom is -0.378 e. The summed E-state index contributed by atoms with van der Waals surface area (Å²) in [4.78, 5) is 14.6. The van der Waals surface area contributed by atoms with E-state index in [-0.39, 0.29) is 5.91 Å². The number of benzene rings is 2. The Balaban J connectivity index is 1.73. The lowest BCUT2D eigenvalue weighted by Crippen LogP contribution is -2.36. The van der Waals surface area contributed by atoms with Gasteiger partial charge in [0.1, 0.15) is 0 Å². The number of rotatable bonds is 3. The number of nitrogens with one attached hydrogen (secondary N) is 1. The van der Waals surface area contributed by atoms with Gasteiger partial charge >= 0.3 is 0 Å². The SMILES string of the molecule is Cc1cccc(C(=O)Nc2cccc(N3CCOCC3)c2)c1. The Morgan fingerprint density at radius 3 is 2.64 bits per heavy atom. The molecule has 0 saturated carbocycles. The molecule has 2 aromatic rings. The van der Waals surface area contributed by atoms with Gasteiger partial charge in [0.15, 0.2) is 0 Å². The van der Waals surface area contributed by atoms with E-state index in [1.165, 1.54) is 0 Å². The second-order valence-corrected chi connectivity index (χ2v) is 5.47. The van der Waals surface area contributed by atoms with E-state index in [0.29, 0.717) is 5.56 Å². The van der Waals surface area contributed by atoms with Crippen LogP contribution in [0.5, 0.6) is 0 Å². The number of morpholine rings is 1. The highest BCUT2D eigenvalue weighted by Crippen LogP contribution is 2.21. The van der Waals surface area contributed by atoms with Gasteiger partial charge in [-0.2, -0.15) is 0 Å². The third-order valence-corrected chi connectivity index (χ3v) is 3.76. The number of nitrogens with zero attached hydrogens (tertiary/aromatic N) is 1. The highest BCUT2D eigenvalue weighted by molar-refractivity contribution is 6.04. The van der Waals surface area contributed by atoms with Crippen LogP contribution in [0.2, 0.25) is 0 Å². The highest BCUT2D eigenvalue weighted by Gasteiger charge is 2.12. The molecule has 1 N–H and O–H groups in total. The van der Waals surface area contributed by atoms with Gasteiger partial charge in [-0.15, -0.1) is 0 Å². The molecule has 0 unspecified atom stereocenters. The first kappa shape index (κ1) is 14.6. The first-order valence-corrected chi connectivity index (χ1v) is 7.53. The summed E-state index contributed by atoms with van der Waals surface area (Å²) in [5.74, 6) is -0.0807. The van der Waals surface area contributed by atoms with E-state index in [4.69, 9.17) is 4.74 Å². The Morgan fingerprint density at radius 1 is 1.09 bits per heavy atom. The largest absolute Gasteiger partial charge is 0.378 e. The molecule has 22 heavy (non-hydrogen) atoms. The molecule has 114 valence electrons. The molecule has 0 radical (unpaired) electrons. The van der Waals surface area contributed by atoms with Crippen LogP contribution in [0, 0.1) is 6.92 Å². The van der Waals surface area contributed by atoms with Gasteiger partial charge in [-0.25, -0.2) is 0 Å². The molecule has 1 saturated heterocycles. The number of hydrogen-bond donors (Lipinski definition) is 1. The Morgan fingerprint density at radius 2 is 1.86 bits per heavy atom. The van der Waals surface area contributed by atoms with E-state index in [1.54, 1.807) is 0 Å². The summed E-state index contributed by atoms with van der Waals surface area (Å²) >= 11 is 0. The summed E-state index contributed by atoms with van der Waals surface area (Å²) in [5.41, 5.74) is 3.69. The molecule has 1 heterocycles. The van der Waals surface area contributed by atoms with Crippen LogP contribution in [-0.4, -0.2) is 32.2 Å². The van der Waals surface area contributed by atoms with E-state index >= 15 is 0 Å². The predicted molar refractivity (Wildman–Crippen MR) is 88.6 cm³/mol. The third kappa shape index (κ3) is 3.46. The fourth-order valence-electron chi connectivity index (χ4n) is 2.59. The number of anilines is 2. The molecule has 4 heteroatoms. The number of ether oxygens (including phenoxy) is 1. The molecule has 0 aromatic heterocycles. The average molecular weight is 296 g/mol. The molecule has 1 aliphatic heterocycles. The Labute approximate surface area is 130 Å². The second kappa shape index (κ2) is 6.62. The van der Waals surface area contributed by atoms with Crippen LogP contribution in [0.1, 0.15) is 15.9 Å². The van der Waals surface area contributed by atoms with Crippen molar-refractivity contribution in [2.45, 2.75) is 6.92 Å². The summed E-state index contributed by atoms with van der Waals surface area (Å²) in [6.07, 6.45) is 0. The molecule has 1 amide bonds. The molecule has 2 aromatic carbocycles. The maximum absolute atomic E-state index is 12.3. The van der Waals surface area contributed by atoms with Crippen LogP contribution in [0.25, 0.3) is 0 Å². The van der Waals surface area contributed by atoms with Gasteiger partial charge in [-0.05, 0) is 37.3 Å². The summed E-state index contributed by atoms with van der Waals surface area (Å²) < 4.78 is 5.37. The molecule has 4 nitrogen and oxygen atoms in total. The van der Waals surface area contributed by atoms with Crippen molar-refractivity contribution in [3.63, 3.8) is 0 Å². The molecule has 1 aliphatic rings. The number of carbonyl (C=O) groups is 1. The first-order valence-electron chi connectivity index (χ1n) is 7.53.